The smallest absolute Gasteiger partial charge is 0.116 e. The molecule has 2 aromatic heterocycles. The lowest BCUT2D eigenvalue weighted by Crippen LogP contribution is -1.99. The van der Waals surface area contributed by atoms with Crippen molar-refractivity contribution in [1.82, 2.24) is 9.13 Å². The normalized spacial score (nSPS) is 11.6. The van der Waals surface area contributed by atoms with Crippen molar-refractivity contribution in [2.75, 3.05) is 0 Å². The van der Waals surface area contributed by atoms with E-state index in [1.807, 2.05) is 12.1 Å². The predicted octanol–water partition coefficient (Wildman–Crippen LogP) is 12.6. The molecule has 0 spiro atoms. The molecule has 2 heterocycles. The standard InChI is InChI=1S/C48H32N2O/c51-38-26-27-46-44(31-38)43-24-13-23-42(48(43)49(46)36-18-8-3-9-19-36)41-22-12-21-40-39-20-10-11-25-45(39)50(47(40)41)37-29-34(32-14-4-1-5-15-32)28-35(30-37)33-16-6-2-7-17-33/h1-31,51H. The van der Waals surface area contributed by atoms with Crippen molar-refractivity contribution in [3.05, 3.63) is 188 Å². The Balaban J connectivity index is 1.34. The van der Waals surface area contributed by atoms with Crippen LogP contribution < -0.4 is 0 Å². The van der Waals surface area contributed by atoms with E-state index in [-0.39, 0.29) is 5.75 Å². The van der Waals surface area contributed by atoms with E-state index in [1.54, 1.807) is 6.07 Å². The van der Waals surface area contributed by atoms with Crippen LogP contribution in [0.15, 0.2) is 188 Å². The van der Waals surface area contributed by atoms with E-state index in [0.717, 1.165) is 55.3 Å². The molecule has 8 aromatic carbocycles. The number of para-hydroxylation sites is 4. The minimum absolute atomic E-state index is 0.259. The van der Waals surface area contributed by atoms with Gasteiger partial charge in [0.25, 0.3) is 0 Å². The van der Waals surface area contributed by atoms with Gasteiger partial charge in [-0.05, 0) is 76.9 Å². The molecule has 1 N–H and O–H groups in total. The molecule has 0 atom stereocenters. The van der Waals surface area contributed by atoms with Gasteiger partial charge in [0.2, 0.25) is 0 Å². The molecule has 10 aromatic rings. The summed E-state index contributed by atoms with van der Waals surface area (Å²) < 4.78 is 4.80. The number of rotatable bonds is 5. The van der Waals surface area contributed by atoms with Crippen molar-refractivity contribution in [3.8, 4) is 50.5 Å². The molecule has 10 rings (SSSR count). The highest BCUT2D eigenvalue weighted by Gasteiger charge is 2.22. The van der Waals surface area contributed by atoms with E-state index >= 15 is 0 Å². The molecule has 0 saturated heterocycles. The minimum Gasteiger partial charge on any atom is -0.508 e. The molecule has 240 valence electrons. The largest absolute Gasteiger partial charge is 0.508 e. The lowest BCUT2D eigenvalue weighted by Gasteiger charge is -2.17. The topological polar surface area (TPSA) is 30.1 Å². The van der Waals surface area contributed by atoms with Gasteiger partial charge in [-0.15, -0.1) is 0 Å². The van der Waals surface area contributed by atoms with Gasteiger partial charge >= 0.3 is 0 Å². The number of hydrogen-bond donors (Lipinski definition) is 1. The number of phenolic OH excluding ortho intramolecular Hbond substituents is 1. The maximum Gasteiger partial charge on any atom is 0.116 e. The Hall–Kier alpha value is -6.84. The molecule has 0 aliphatic carbocycles. The molecule has 0 aliphatic heterocycles. The molecule has 0 fully saturated rings. The fourth-order valence-corrected chi connectivity index (χ4v) is 7.96. The van der Waals surface area contributed by atoms with Crippen LogP contribution in [-0.2, 0) is 0 Å². The number of hydrogen-bond acceptors (Lipinski definition) is 1. The summed E-state index contributed by atoms with van der Waals surface area (Å²) in [7, 11) is 0. The Morgan fingerprint density at radius 2 is 0.804 bits per heavy atom. The summed E-state index contributed by atoms with van der Waals surface area (Å²) in [5, 5.41) is 15.2. The minimum atomic E-state index is 0.259. The molecular formula is C48H32N2O. The van der Waals surface area contributed by atoms with Crippen molar-refractivity contribution in [1.29, 1.82) is 0 Å². The number of fused-ring (bicyclic) bond motifs is 6. The monoisotopic (exact) mass is 652 g/mol. The molecule has 3 nitrogen and oxygen atoms in total. The quantitative estimate of drug-likeness (QED) is 0.197. The Kier molecular flexibility index (Phi) is 6.65. The van der Waals surface area contributed by atoms with Gasteiger partial charge in [0, 0.05) is 44.0 Å². The molecule has 3 heteroatoms. The second-order valence-electron chi connectivity index (χ2n) is 13.1. The first-order chi connectivity index (χ1) is 25.2. The summed E-state index contributed by atoms with van der Waals surface area (Å²) in [4.78, 5) is 0. The van der Waals surface area contributed by atoms with Crippen molar-refractivity contribution in [3.63, 3.8) is 0 Å². The number of benzene rings is 8. The van der Waals surface area contributed by atoms with Gasteiger partial charge in [0.15, 0.2) is 0 Å². The molecule has 51 heavy (non-hydrogen) atoms. The zero-order valence-electron chi connectivity index (χ0n) is 27.7. The van der Waals surface area contributed by atoms with Crippen LogP contribution in [-0.4, -0.2) is 14.2 Å². The Morgan fingerprint density at radius 3 is 1.43 bits per heavy atom. The molecule has 0 bridgehead atoms. The van der Waals surface area contributed by atoms with E-state index in [0.29, 0.717) is 0 Å². The van der Waals surface area contributed by atoms with Gasteiger partial charge in [-0.2, -0.15) is 0 Å². The highest BCUT2D eigenvalue weighted by atomic mass is 16.3. The van der Waals surface area contributed by atoms with Crippen molar-refractivity contribution in [2.24, 2.45) is 0 Å². The van der Waals surface area contributed by atoms with Crippen molar-refractivity contribution >= 4 is 43.6 Å². The second-order valence-corrected chi connectivity index (χ2v) is 13.1. The third-order valence-corrected chi connectivity index (χ3v) is 10.2. The zero-order chi connectivity index (χ0) is 33.9. The molecule has 0 radical (unpaired) electrons. The molecule has 0 amide bonds. The first-order valence-corrected chi connectivity index (χ1v) is 17.3. The first kappa shape index (κ1) is 29.1. The summed E-state index contributed by atoms with van der Waals surface area (Å²) in [6, 6.07) is 66.5. The van der Waals surface area contributed by atoms with E-state index in [2.05, 4.69) is 179 Å². The molecule has 0 aliphatic rings. The van der Waals surface area contributed by atoms with Crippen LogP contribution in [0.25, 0.3) is 88.4 Å². The Bertz CT molecular complexity index is 2840. The SMILES string of the molecule is Oc1ccc2c(c1)c1cccc(-c3cccc4c5ccccc5n(-c5cc(-c6ccccc6)cc(-c6ccccc6)c5)c34)c1n2-c1ccccc1. The number of aromatic hydroxyl groups is 1. The molecule has 0 saturated carbocycles. The van der Waals surface area contributed by atoms with Crippen LogP contribution in [0.5, 0.6) is 5.75 Å². The van der Waals surface area contributed by atoms with Crippen LogP contribution in [0.4, 0.5) is 0 Å². The van der Waals surface area contributed by atoms with Crippen LogP contribution >= 0.6 is 0 Å². The Labute approximate surface area is 295 Å². The predicted molar refractivity (Wildman–Crippen MR) is 213 cm³/mol. The lowest BCUT2D eigenvalue weighted by molar-refractivity contribution is 0.476. The van der Waals surface area contributed by atoms with E-state index < -0.39 is 0 Å². The highest BCUT2D eigenvalue weighted by molar-refractivity contribution is 6.19. The second kappa shape index (κ2) is 11.6. The van der Waals surface area contributed by atoms with Gasteiger partial charge in [0.1, 0.15) is 5.75 Å². The van der Waals surface area contributed by atoms with Gasteiger partial charge in [0.05, 0.1) is 22.1 Å². The summed E-state index contributed by atoms with van der Waals surface area (Å²) in [5.74, 6) is 0.259. The first-order valence-electron chi connectivity index (χ1n) is 17.3. The van der Waals surface area contributed by atoms with Crippen LogP contribution in [0.3, 0.4) is 0 Å². The van der Waals surface area contributed by atoms with E-state index in [1.165, 1.54) is 33.0 Å². The average Bonchev–Trinajstić information content (AvgIpc) is 3.72. The number of phenols is 1. The number of nitrogens with zero attached hydrogens (tertiary/aromatic N) is 2. The fourth-order valence-electron chi connectivity index (χ4n) is 7.96. The summed E-state index contributed by atoms with van der Waals surface area (Å²) in [6.07, 6.45) is 0. The summed E-state index contributed by atoms with van der Waals surface area (Å²) >= 11 is 0. The van der Waals surface area contributed by atoms with Crippen LogP contribution in [0, 0.1) is 0 Å². The average molecular weight is 653 g/mol. The maximum atomic E-state index is 10.6. The third-order valence-electron chi connectivity index (χ3n) is 10.2. The van der Waals surface area contributed by atoms with Crippen LogP contribution in [0.1, 0.15) is 0 Å². The fraction of sp³-hybridized carbons (Fsp3) is 0. The maximum absolute atomic E-state index is 10.6. The van der Waals surface area contributed by atoms with Crippen molar-refractivity contribution in [2.45, 2.75) is 0 Å². The summed E-state index contributed by atoms with van der Waals surface area (Å²) in [5.41, 5.74) is 13.6. The highest BCUT2D eigenvalue weighted by Crippen LogP contribution is 2.44. The van der Waals surface area contributed by atoms with Gasteiger partial charge in [-0.1, -0.05) is 133 Å². The van der Waals surface area contributed by atoms with Gasteiger partial charge in [-0.3, -0.25) is 0 Å². The van der Waals surface area contributed by atoms with Gasteiger partial charge in [-0.25, -0.2) is 0 Å². The van der Waals surface area contributed by atoms with Crippen LogP contribution in [0.2, 0.25) is 0 Å². The summed E-state index contributed by atoms with van der Waals surface area (Å²) in [6.45, 7) is 0. The van der Waals surface area contributed by atoms with E-state index in [4.69, 9.17) is 0 Å². The Morgan fingerprint density at radius 1 is 0.314 bits per heavy atom. The van der Waals surface area contributed by atoms with E-state index in [9.17, 15) is 5.11 Å². The lowest BCUT2D eigenvalue weighted by atomic mass is 9.97. The molecule has 0 unspecified atom stereocenters. The zero-order valence-corrected chi connectivity index (χ0v) is 27.7. The van der Waals surface area contributed by atoms with Gasteiger partial charge < -0.3 is 14.2 Å². The number of aromatic nitrogens is 2. The third kappa shape index (κ3) is 4.67. The molecular weight excluding hydrogens is 621 g/mol. The van der Waals surface area contributed by atoms with Crippen molar-refractivity contribution < 1.29 is 5.11 Å².